The third kappa shape index (κ3) is 7.22. The Hall–Kier alpha value is -0.650. The molecule has 3 N–H and O–H groups in total. The summed E-state index contributed by atoms with van der Waals surface area (Å²) >= 11 is 5.79. The van der Waals surface area contributed by atoms with Crippen LogP contribution in [0.25, 0.3) is 0 Å². The van der Waals surface area contributed by atoms with Gasteiger partial charge in [0.1, 0.15) is 0 Å². The number of benzene rings is 1. The fourth-order valence-corrected chi connectivity index (χ4v) is 1.71. The summed E-state index contributed by atoms with van der Waals surface area (Å²) in [5.74, 6) is 0. The normalized spacial score (nSPS) is 15.8. The minimum Gasteiger partial charge on any atom is -0.389 e. The standard InChI is InChI=1S/C15H24ClNO3/c1-3-15(2,19)11-17-8-14(18)10-20-9-12-4-6-13(16)7-5-12/h4-7,14,17-19H,3,8-11H2,1-2H3. The van der Waals surface area contributed by atoms with Crippen molar-refractivity contribution < 1.29 is 14.9 Å². The van der Waals surface area contributed by atoms with Crippen LogP contribution in [0.15, 0.2) is 24.3 Å². The second kappa shape index (κ2) is 8.60. The lowest BCUT2D eigenvalue weighted by Crippen LogP contribution is -2.41. The van der Waals surface area contributed by atoms with Crippen LogP contribution >= 0.6 is 11.6 Å². The zero-order valence-electron chi connectivity index (χ0n) is 12.1. The Morgan fingerprint density at radius 1 is 1.35 bits per heavy atom. The summed E-state index contributed by atoms with van der Waals surface area (Å²) < 4.78 is 5.43. The molecule has 1 aromatic carbocycles. The number of aliphatic hydroxyl groups excluding tert-OH is 1. The Labute approximate surface area is 125 Å². The van der Waals surface area contributed by atoms with Crippen molar-refractivity contribution in [2.24, 2.45) is 0 Å². The molecule has 0 saturated heterocycles. The number of hydrogen-bond donors (Lipinski definition) is 3. The first kappa shape index (κ1) is 17.4. The predicted molar refractivity (Wildman–Crippen MR) is 80.9 cm³/mol. The van der Waals surface area contributed by atoms with Crippen LogP contribution in [-0.2, 0) is 11.3 Å². The van der Waals surface area contributed by atoms with Gasteiger partial charge in [0.2, 0.25) is 0 Å². The molecule has 0 aliphatic rings. The van der Waals surface area contributed by atoms with Gasteiger partial charge in [0.25, 0.3) is 0 Å². The molecular formula is C15H24ClNO3. The Balaban J connectivity index is 2.14. The van der Waals surface area contributed by atoms with Crippen molar-refractivity contribution in [3.8, 4) is 0 Å². The topological polar surface area (TPSA) is 61.7 Å². The molecule has 2 atom stereocenters. The summed E-state index contributed by atoms with van der Waals surface area (Å²) in [4.78, 5) is 0. The first-order chi connectivity index (χ1) is 9.43. The molecule has 0 aliphatic carbocycles. The van der Waals surface area contributed by atoms with Gasteiger partial charge in [-0.05, 0) is 31.0 Å². The van der Waals surface area contributed by atoms with Gasteiger partial charge in [0.15, 0.2) is 0 Å². The van der Waals surface area contributed by atoms with Gasteiger partial charge in [-0.15, -0.1) is 0 Å². The molecule has 1 rings (SSSR count). The van der Waals surface area contributed by atoms with Gasteiger partial charge in [0.05, 0.1) is 24.9 Å². The molecular weight excluding hydrogens is 278 g/mol. The van der Waals surface area contributed by atoms with E-state index in [9.17, 15) is 10.2 Å². The fraction of sp³-hybridized carbons (Fsp3) is 0.600. The van der Waals surface area contributed by atoms with E-state index < -0.39 is 11.7 Å². The van der Waals surface area contributed by atoms with Crippen molar-refractivity contribution in [1.82, 2.24) is 5.32 Å². The number of rotatable bonds is 9. The smallest absolute Gasteiger partial charge is 0.0897 e. The van der Waals surface area contributed by atoms with Crippen LogP contribution in [0.2, 0.25) is 5.02 Å². The summed E-state index contributed by atoms with van der Waals surface area (Å²) in [6.07, 6.45) is 0.0818. The lowest BCUT2D eigenvalue weighted by atomic mass is 10.0. The molecule has 0 aromatic heterocycles. The van der Waals surface area contributed by atoms with E-state index in [1.807, 2.05) is 31.2 Å². The Bertz CT molecular complexity index is 381. The molecule has 0 aliphatic heterocycles. The maximum Gasteiger partial charge on any atom is 0.0897 e. The van der Waals surface area contributed by atoms with E-state index in [4.69, 9.17) is 16.3 Å². The molecule has 0 heterocycles. The molecule has 0 radical (unpaired) electrons. The summed E-state index contributed by atoms with van der Waals surface area (Å²) in [6.45, 7) is 5.25. The Morgan fingerprint density at radius 2 is 2.00 bits per heavy atom. The molecule has 2 unspecified atom stereocenters. The predicted octanol–water partition coefficient (Wildman–Crippen LogP) is 1.97. The van der Waals surface area contributed by atoms with Gasteiger partial charge >= 0.3 is 0 Å². The highest BCUT2D eigenvalue weighted by atomic mass is 35.5. The monoisotopic (exact) mass is 301 g/mol. The number of hydrogen-bond acceptors (Lipinski definition) is 4. The number of halogens is 1. The van der Waals surface area contributed by atoms with Crippen molar-refractivity contribution in [2.75, 3.05) is 19.7 Å². The summed E-state index contributed by atoms with van der Waals surface area (Å²) in [6, 6.07) is 7.41. The number of nitrogens with one attached hydrogen (secondary N) is 1. The van der Waals surface area contributed by atoms with Crippen LogP contribution in [0.4, 0.5) is 0 Å². The Morgan fingerprint density at radius 3 is 2.60 bits per heavy atom. The molecule has 0 saturated carbocycles. The maximum atomic E-state index is 9.80. The molecule has 114 valence electrons. The van der Waals surface area contributed by atoms with E-state index in [0.29, 0.717) is 31.1 Å². The van der Waals surface area contributed by atoms with E-state index in [0.717, 1.165) is 5.56 Å². The summed E-state index contributed by atoms with van der Waals surface area (Å²) in [7, 11) is 0. The minimum absolute atomic E-state index is 0.254. The largest absolute Gasteiger partial charge is 0.389 e. The van der Waals surface area contributed by atoms with Crippen LogP contribution in [0.1, 0.15) is 25.8 Å². The average Bonchev–Trinajstić information content (AvgIpc) is 2.41. The maximum absolute atomic E-state index is 9.80. The first-order valence-corrected chi connectivity index (χ1v) is 7.24. The molecule has 0 spiro atoms. The van der Waals surface area contributed by atoms with Crippen molar-refractivity contribution in [3.05, 3.63) is 34.9 Å². The van der Waals surface area contributed by atoms with Gasteiger partial charge in [-0.25, -0.2) is 0 Å². The number of ether oxygens (including phenoxy) is 1. The molecule has 1 aromatic rings. The van der Waals surface area contributed by atoms with Crippen molar-refractivity contribution in [3.63, 3.8) is 0 Å². The number of aliphatic hydroxyl groups is 2. The Kier molecular flexibility index (Phi) is 7.48. The second-order valence-electron chi connectivity index (χ2n) is 5.28. The van der Waals surface area contributed by atoms with E-state index in [1.165, 1.54) is 0 Å². The molecule has 0 amide bonds. The minimum atomic E-state index is -0.732. The van der Waals surface area contributed by atoms with Gasteiger partial charge in [0, 0.05) is 18.1 Å². The third-order valence-corrected chi connectivity index (χ3v) is 3.39. The fourth-order valence-electron chi connectivity index (χ4n) is 1.59. The molecule has 5 heteroatoms. The summed E-state index contributed by atoms with van der Waals surface area (Å²) in [5.41, 5.74) is 0.285. The quantitative estimate of drug-likeness (QED) is 0.652. The van der Waals surface area contributed by atoms with E-state index in [2.05, 4.69) is 5.32 Å². The van der Waals surface area contributed by atoms with E-state index >= 15 is 0 Å². The van der Waals surface area contributed by atoms with E-state index in [-0.39, 0.29) is 6.61 Å². The average molecular weight is 302 g/mol. The van der Waals surface area contributed by atoms with Crippen LogP contribution < -0.4 is 5.32 Å². The van der Waals surface area contributed by atoms with E-state index in [1.54, 1.807) is 6.92 Å². The highest BCUT2D eigenvalue weighted by molar-refractivity contribution is 6.30. The third-order valence-electron chi connectivity index (χ3n) is 3.14. The molecule has 4 nitrogen and oxygen atoms in total. The highest BCUT2D eigenvalue weighted by Crippen LogP contribution is 2.10. The molecule has 20 heavy (non-hydrogen) atoms. The van der Waals surface area contributed by atoms with Gasteiger partial charge in [-0.1, -0.05) is 30.7 Å². The SMILES string of the molecule is CCC(C)(O)CNCC(O)COCc1ccc(Cl)cc1. The molecule has 0 bridgehead atoms. The summed E-state index contributed by atoms with van der Waals surface area (Å²) in [5, 5.41) is 23.3. The van der Waals surface area contributed by atoms with Crippen LogP contribution in [0, 0.1) is 0 Å². The highest BCUT2D eigenvalue weighted by Gasteiger charge is 2.17. The van der Waals surface area contributed by atoms with Gasteiger partial charge < -0.3 is 20.3 Å². The van der Waals surface area contributed by atoms with Crippen molar-refractivity contribution in [1.29, 1.82) is 0 Å². The van der Waals surface area contributed by atoms with Crippen LogP contribution in [-0.4, -0.2) is 41.6 Å². The second-order valence-corrected chi connectivity index (χ2v) is 5.71. The van der Waals surface area contributed by atoms with Gasteiger partial charge in [-0.2, -0.15) is 0 Å². The van der Waals surface area contributed by atoms with Crippen molar-refractivity contribution in [2.45, 2.75) is 38.6 Å². The molecule has 0 fully saturated rings. The zero-order valence-corrected chi connectivity index (χ0v) is 12.9. The van der Waals surface area contributed by atoms with Crippen molar-refractivity contribution >= 4 is 11.6 Å². The van der Waals surface area contributed by atoms with Crippen LogP contribution in [0.3, 0.4) is 0 Å². The van der Waals surface area contributed by atoms with Crippen LogP contribution in [0.5, 0.6) is 0 Å². The van der Waals surface area contributed by atoms with Gasteiger partial charge in [-0.3, -0.25) is 0 Å². The first-order valence-electron chi connectivity index (χ1n) is 6.86. The lowest BCUT2D eigenvalue weighted by molar-refractivity contribution is 0.0200. The lowest BCUT2D eigenvalue weighted by Gasteiger charge is -2.22. The zero-order chi connectivity index (χ0) is 15.0.